The monoisotopic (exact) mass is 430 g/mol. The summed E-state index contributed by atoms with van der Waals surface area (Å²) >= 11 is 0. The van der Waals surface area contributed by atoms with Gasteiger partial charge in [0, 0.05) is 32.2 Å². The van der Waals surface area contributed by atoms with Gasteiger partial charge in [-0.2, -0.15) is 0 Å². The highest BCUT2D eigenvalue weighted by atomic mass is 19.1. The second-order valence-electron chi connectivity index (χ2n) is 7.15. The van der Waals surface area contributed by atoms with Crippen LogP contribution in [0.4, 0.5) is 15.8 Å². The maximum atomic E-state index is 13.0. The Balaban J connectivity index is 1.48. The lowest BCUT2D eigenvalue weighted by atomic mass is 10.1. The van der Waals surface area contributed by atoms with Crippen LogP contribution in [0.5, 0.6) is 5.75 Å². The van der Waals surface area contributed by atoms with Crippen molar-refractivity contribution in [2.45, 2.75) is 6.42 Å². The summed E-state index contributed by atoms with van der Waals surface area (Å²) in [6.45, 7) is 2.20. The molecule has 1 N–H and O–H groups in total. The number of carbonyl (C=O) groups excluding carboxylic acids is 2. The predicted molar refractivity (Wildman–Crippen MR) is 111 cm³/mol. The van der Waals surface area contributed by atoms with Gasteiger partial charge in [-0.15, -0.1) is 0 Å². The lowest BCUT2D eigenvalue weighted by Gasteiger charge is -2.34. The Kier molecular flexibility index (Phi) is 7.14. The smallest absolute Gasteiger partial charge is 0.273 e. The number of rotatable bonds is 7. The second-order valence-corrected chi connectivity index (χ2v) is 7.15. The minimum Gasteiger partial charge on any atom is -0.494 e. The van der Waals surface area contributed by atoms with Crippen molar-refractivity contribution in [1.82, 2.24) is 9.80 Å². The molecule has 1 fully saturated rings. The van der Waals surface area contributed by atoms with Crippen LogP contribution in [0.25, 0.3) is 0 Å². The summed E-state index contributed by atoms with van der Waals surface area (Å²) in [7, 11) is 1.37. The topological polar surface area (TPSA) is 105 Å². The molecule has 0 aromatic heterocycles. The zero-order chi connectivity index (χ0) is 22.4. The number of nitrogens with one attached hydrogen (secondary N) is 1. The summed E-state index contributed by atoms with van der Waals surface area (Å²) < 4.78 is 18.1. The third-order valence-electron chi connectivity index (χ3n) is 5.03. The van der Waals surface area contributed by atoms with Gasteiger partial charge in [0.1, 0.15) is 11.6 Å². The molecule has 1 heterocycles. The first-order valence-corrected chi connectivity index (χ1v) is 9.72. The fourth-order valence-electron chi connectivity index (χ4n) is 3.33. The molecule has 1 saturated heterocycles. The molecule has 10 heteroatoms. The molecule has 0 bridgehead atoms. The number of hydrogen-bond donors (Lipinski definition) is 1. The van der Waals surface area contributed by atoms with Gasteiger partial charge in [0.2, 0.25) is 11.8 Å². The third-order valence-corrected chi connectivity index (χ3v) is 5.03. The molecule has 0 radical (unpaired) electrons. The summed E-state index contributed by atoms with van der Waals surface area (Å²) in [5.41, 5.74) is 0.979. The average molecular weight is 430 g/mol. The molecule has 1 aliphatic heterocycles. The van der Waals surface area contributed by atoms with Crippen molar-refractivity contribution in [3.63, 3.8) is 0 Å². The molecule has 1 aliphatic rings. The Bertz CT molecular complexity index is 959. The van der Waals surface area contributed by atoms with Crippen molar-refractivity contribution in [3.05, 3.63) is 64.0 Å². The molecule has 0 atom stereocenters. The molecule has 0 spiro atoms. The van der Waals surface area contributed by atoms with Crippen molar-refractivity contribution < 1.29 is 23.6 Å². The number of nitrogens with zero attached hydrogens (tertiary/aromatic N) is 3. The molecule has 2 amide bonds. The Hall–Kier alpha value is -3.53. The molecule has 3 rings (SSSR count). The number of anilines is 1. The van der Waals surface area contributed by atoms with Crippen molar-refractivity contribution in [1.29, 1.82) is 0 Å². The molecule has 2 aromatic carbocycles. The minimum atomic E-state index is -0.537. The van der Waals surface area contributed by atoms with E-state index in [1.807, 2.05) is 4.90 Å². The normalized spacial score (nSPS) is 14.2. The van der Waals surface area contributed by atoms with E-state index in [1.165, 1.54) is 37.4 Å². The highest BCUT2D eigenvalue weighted by molar-refractivity contribution is 5.94. The Morgan fingerprint density at radius 3 is 2.42 bits per heavy atom. The van der Waals surface area contributed by atoms with Crippen LogP contribution >= 0.6 is 0 Å². The maximum absolute atomic E-state index is 13.0. The minimum absolute atomic E-state index is 0.0358. The molecule has 9 nitrogen and oxygen atoms in total. The average Bonchev–Trinajstić information content (AvgIpc) is 2.76. The van der Waals surface area contributed by atoms with Gasteiger partial charge in [0.25, 0.3) is 5.69 Å². The number of non-ortho nitro benzene ring substituents is 1. The van der Waals surface area contributed by atoms with Crippen molar-refractivity contribution in [3.8, 4) is 5.75 Å². The van der Waals surface area contributed by atoms with Crippen molar-refractivity contribution >= 4 is 23.2 Å². The number of amides is 2. The zero-order valence-electron chi connectivity index (χ0n) is 17.0. The predicted octanol–water partition coefficient (Wildman–Crippen LogP) is 2.07. The van der Waals surface area contributed by atoms with E-state index >= 15 is 0 Å². The van der Waals surface area contributed by atoms with Gasteiger partial charge < -0.3 is 15.0 Å². The quantitative estimate of drug-likeness (QED) is 0.533. The number of piperazine rings is 1. The van der Waals surface area contributed by atoms with Gasteiger partial charge in [-0.1, -0.05) is 12.1 Å². The van der Waals surface area contributed by atoms with Crippen LogP contribution in [0.15, 0.2) is 42.5 Å². The number of benzene rings is 2. The van der Waals surface area contributed by atoms with Gasteiger partial charge in [0.15, 0.2) is 0 Å². The molecule has 164 valence electrons. The van der Waals surface area contributed by atoms with Crippen LogP contribution in [0, 0.1) is 15.9 Å². The molecule has 0 saturated carbocycles. The fraction of sp³-hybridized carbons (Fsp3) is 0.333. The van der Waals surface area contributed by atoms with Gasteiger partial charge in [-0.25, -0.2) is 4.39 Å². The second kappa shape index (κ2) is 9.98. The third kappa shape index (κ3) is 5.98. The summed E-state index contributed by atoms with van der Waals surface area (Å²) in [5, 5.41) is 13.6. The lowest BCUT2D eigenvalue weighted by molar-refractivity contribution is -0.384. The summed E-state index contributed by atoms with van der Waals surface area (Å²) in [6, 6.07) is 9.84. The van der Waals surface area contributed by atoms with Crippen LogP contribution in [0.3, 0.4) is 0 Å². The number of hydrogen-bond acceptors (Lipinski definition) is 6. The van der Waals surface area contributed by atoms with Crippen molar-refractivity contribution in [2.24, 2.45) is 0 Å². The van der Waals surface area contributed by atoms with Gasteiger partial charge in [-0.05, 0) is 23.8 Å². The number of nitro groups is 1. The number of nitro benzene ring substituents is 1. The molecular weight excluding hydrogens is 407 g/mol. The van der Waals surface area contributed by atoms with Crippen molar-refractivity contribution in [2.75, 3.05) is 45.2 Å². The first kappa shape index (κ1) is 22.2. The summed E-state index contributed by atoms with van der Waals surface area (Å²) in [5.74, 6) is -0.447. The molecule has 2 aromatic rings. The maximum Gasteiger partial charge on any atom is 0.273 e. The zero-order valence-corrected chi connectivity index (χ0v) is 17.0. The Labute approximate surface area is 178 Å². The van der Waals surface area contributed by atoms with Crippen LogP contribution in [-0.4, -0.2) is 66.4 Å². The van der Waals surface area contributed by atoms with Crippen LogP contribution in [0.2, 0.25) is 0 Å². The SMILES string of the molecule is COc1cc([N+](=O)[O-])ccc1NC(=O)CN1CCN(C(=O)Cc2ccc(F)cc2)CC1. The van der Waals surface area contributed by atoms with Gasteiger partial charge >= 0.3 is 0 Å². The summed E-state index contributed by atoms with van der Waals surface area (Å²) in [6.07, 6.45) is 0.209. The lowest BCUT2D eigenvalue weighted by Crippen LogP contribution is -2.50. The van der Waals surface area contributed by atoms with E-state index in [-0.39, 0.29) is 42.0 Å². The Morgan fingerprint density at radius 2 is 1.81 bits per heavy atom. The number of ether oxygens (including phenoxy) is 1. The standard InChI is InChI=1S/C21H23FN4O5/c1-31-19-13-17(26(29)30)6-7-18(19)23-20(27)14-24-8-10-25(11-9-24)21(28)12-15-2-4-16(22)5-3-15/h2-7,13H,8-12,14H2,1H3,(H,23,27). The van der Waals surface area contributed by atoms with E-state index in [4.69, 9.17) is 4.74 Å². The van der Waals surface area contributed by atoms with E-state index in [2.05, 4.69) is 5.32 Å². The number of halogens is 1. The first-order valence-electron chi connectivity index (χ1n) is 9.72. The molecular formula is C21H23FN4O5. The van der Waals surface area contributed by atoms with Gasteiger partial charge in [-0.3, -0.25) is 24.6 Å². The summed E-state index contributed by atoms with van der Waals surface area (Å²) in [4.78, 5) is 38.8. The van der Waals surface area contributed by atoms with E-state index in [9.17, 15) is 24.1 Å². The van der Waals surface area contributed by atoms with E-state index in [1.54, 1.807) is 17.0 Å². The first-order chi connectivity index (χ1) is 14.9. The molecule has 0 aliphatic carbocycles. The van der Waals surface area contributed by atoms with Crippen LogP contribution in [-0.2, 0) is 16.0 Å². The van der Waals surface area contributed by atoms with E-state index in [0.717, 1.165) is 5.56 Å². The molecule has 0 unspecified atom stereocenters. The highest BCUT2D eigenvalue weighted by Gasteiger charge is 2.23. The van der Waals surface area contributed by atoms with Crippen LogP contribution < -0.4 is 10.1 Å². The number of methoxy groups -OCH3 is 1. The Morgan fingerprint density at radius 1 is 1.13 bits per heavy atom. The van der Waals surface area contributed by atoms with Gasteiger partial charge in [0.05, 0.1) is 36.8 Å². The highest BCUT2D eigenvalue weighted by Crippen LogP contribution is 2.28. The van der Waals surface area contributed by atoms with Crippen LogP contribution in [0.1, 0.15) is 5.56 Å². The fourth-order valence-corrected chi connectivity index (χ4v) is 3.33. The number of carbonyl (C=O) groups is 2. The molecule has 31 heavy (non-hydrogen) atoms. The van der Waals surface area contributed by atoms with E-state index in [0.29, 0.717) is 31.9 Å². The van der Waals surface area contributed by atoms with E-state index < -0.39 is 4.92 Å². The largest absolute Gasteiger partial charge is 0.494 e.